The molecule has 0 aromatic heterocycles. The van der Waals surface area contributed by atoms with Gasteiger partial charge in [-0.05, 0) is 29.7 Å². The lowest BCUT2D eigenvalue weighted by Crippen LogP contribution is -2.07. The van der Waals surface area contributed by atoms with E-state index in [1.54, 1.807) is 10.9 Å². The zero-order valence-corrected chi connectivity index (χ0v) is 9.60. The van der Waals surface area contributed by atoms with E-state index in [0.717, 1.165) is 23.2 Å². The summed E-state index contributed by atoms with van der Waals surface area (Å²) in [6.45, 7) is 4.01. The van der Waals surface area contributed by atoms with Crippen molar-refractivity contribution in [2.24, 2.45) is 5.11 Å². The van der Waals surface area contributed by atoms with Crippen LogP contribution in [-0.4, -0.2) is 10.5 Å². The molecule has 0 N–H and O–H groups in total. The van der Waals surface area contributed by atoms with Gasteiger partial charge in [0.05, 0.1) is 5.56 Å². The molecule has 82 valence electrons. The van der Waals surface area contributed by atoms with Crippen molar-refractivity contribution in [2.45, 2.75) is 26.7 Å². The zero-order chi connectivity index (χ0) is 11.5. The average molecular weight is 215 g/mol. The van der Waals surface area contributed by atoms with E-state index in [1.165, 1.54) is 0 Å². The third-order valence-electron chi connectivity index (χ3n) is 2.58. The molecule has 0 saturated heterocycles. The van der Waals surface area contributed by atoms with E-state index < -0.39 is 0 Å². The van der Waals surface area contributed by atoms with Crippen molar-refractivity contribution in [3.05, 3.63) is 41.7 Å². The van der Waals surface area contributed by atoms with Crippen LogP contribution in [0.1, 0.15) is 35.7 Å². The van der Waals surface area contributed by atoms with Gasteiger partial charge in [0, 0.05) is 17.6 Å². The van der Waals surface area contributed by atoms with Gasteiger partial charge in [-0.25, -0.2) is 0 Å². The Morgan fingerprint density at radius 2 is 2.19 bits per heavy atom. The molecule has 1 aromatic rings. The van der Waals surface area contributed by atoms with Crippen LogP contribution in [0, 0.1) is 6.92 Å². The Labute approximate surface area is 95.1 Å². The number of carbonyl (C=O) groups is 1. The second-order valence-electron chi connectivity index (χ2n) is 3.95. The van der Waals surface area contributed by atoms with Gasteiger partial charge in [0.25, 0.3) is 0 Å². The van der Waals surface area contributed by atoms with Gasteiger partial charge in [-0.15, -0.1) is 0 Å². The van der Waals surface area contributed by atoms with Crippen molar-refractivity contribution in [3.8, 4) is 0 Å². The van der Waals surface area contributed by atoms with E-state index in [-0.39, 0.29) is 5.78 Å². The van der Waals surface area contributed by atoms with E-state index in [0.29, 0.717) is 6.42 Å². The first kappa shape index (κ1) is 10.7. The summed E-state index contributed by atoms with van der Waals surface area (Å²) in [5, 5.41) is 4.07. The monoisotopic (exact) mass is 215 g/mol. The van der Waals surface area contributed by atoms with E-state index in [4.69, 9.17) is 0 Å². The van der Waals surface area contributed by atoms with Crippen LogP contribution in [0.5, 0.6) is 0 Å². The van der Waals surface area contributed by atoms with Crippen molar-refractivity contribution >= 4 is 11.5 Å². The number of Topliss-reactive ketones (excluding diaryl/α,β-unsaturated/α-hetero) is 1. The summed E-state index contributed by atoms with van der Waals surface area (Å²) in [4.78, 5) is 12.0. The molecule has 3 nitrogen and oxygen atoms in total. The molecule has 0 aliphatic carbocycles. The van der Waals surface area contributed by atoms with Crippen LogP contribution in [0.4, 0.5) is 5.69 Å². The SMILES string of the molecule is CCCC(=O)c1cc(C)ccc1[N+]1=NC=C1. The highest BCUT2D eigenvalue weighted by Crippen LogP contribution is 2.25. The van der Waals surface area contributed by atoms with Gasteiger partial charge < -0.3 is 0 Å². The average Bonchev–Trinajstić information content (AvgIpc) is 2.18. The largest absolute Gasteiger partial charge is 0.294 e. The van der Waals surface area contributed by atoms with Gasteiger partial charge in [-0.2, -0.15) is 0 Å². The summed E-state index contributed by atoms with van der Waals surface area (Å²) in [6.07, 6.45) is 5.04. The lowest BCUT2D eigenvalue weighted by atomic mass is 10.0. The first-order chi connectivity index (χ1) is 7.72. The van der Waals surface area contributed by atoms with Crippen molar-refractivity contribution in [3.63, 3.8) is 0 Å². The maximum Gasteiger partial charge on any atom is 0.248 e. The molecule has 0 unspecified atom stereocenters. The van der Waals surface area contributed by atoms with E-state index >= 15 is 0 Å². The Morgan fingerprint density at radius 1 is 1.44 bits per heavy atom. The van der Waals surface area contributed by atoms with Crippen LogP contribution in [-0.2, 0) is 0 Å². The Balaban J connectivity index is 2.40. The molecule has 0 radical (unpaired) electrons. The van der Waals surface area contributed by atoms with E-state index in [2.05, 4.69) is 5.11 Å². The Morgan fingerprint density at radius 3 is 2.75 bits per heavy atom. The number of nitrogens with zero attached hydrogens (tertiary/aromatic N) is 2. The Hall–Kier alpha value is -1.77. The summed E-state index contributed by atoms with van der Waals surface area (Å²) in [6, 6.07) is 5.89. The molecule has 0 amide bonds. The minimum atomic E-state index is 0.191. The predicted octanol–water partition coefficient (Wildman–Crippen LogP) is 3.56. The smallest absolute Gasteiger partial charge is 0.248 e. The normalized spacial score (nSPS) is 13.2. The summed E-state index contributed by atoms with van der Waals surface area (Å²) in [5.74, 6) is 0.191. The highest BCUT2D eigenvalue weighted by molar-refractivity contribution is 5.99. The van der Waals surface area contributed by atoms with Crippen molar-refractivity contribution in [2.75, 3.05) is 0 Å². The Bertz CT molecular complexity index is 487. The van der Waals surface area contributed by atoms with Crippen LogP contribution in [0.15, 0.2) is 35.7 Å². The number of aryl methyl sites for hydroxylation is 1. The highest BCUT2D eigenvalue weighted by Gasteiger charge is 2.22. The van der Waals surface area contributed by atoms with Gasteiger partial charge in [-0.3, -0.25) is 4.79 Å². The fourth-order valence-electron chi connectivity index (χ4n) is 1.71. The quantitative estimate of drug-likeness (QED) is 0.558. The van der Waals surface area contributed by atoms with Gasteiger partial charge in [0.2, 0.25) is 11.9 Å². The molecular weight excluding hydrogens is 200 g/mol. The number of ketones is 1. The fourth-order valence-corrected chi connectivity index (χ4v) is 1.71. The third-order valence-corrected chi connectivity index (χ3v) is 2.58. The predicted molar refractivity (Wildman–Crippen MR) is 61.9 cm³/mol. The van der Waals surface area contributed by atoms with Gasteiger partial charge in [0.15, 0.2) is 12.0 Å². The third kappa shape index (κ3) is 1.94. The number of hydrogen-bond acceptors (Lipinski definition) is 2. The molecule has 16 heavy (non-hydrogen) atoms. The molecule has 1 aromatic carbocycles. The second-order valence-corrected chi connectivity index (χ2v) is 3.95. The molecule has 2 rings (SSSR count). The highest BCUT2D eigenvalue weighted by atomic mass is 16.1. The molecule has 0 atom stereocenters. The molecule has 1 aliphatic rings. The summed E-state index contributed by atoms with van der Waals surface area (Å²) >= 11 is 0. The van der Waals surface area contributed by atoms with Crippen molar-refractivity contribution in [1.29, 1.82) is 0 Å². The molecule has 0 bridgehead atoms. The van der Waals surface area contributed by atoms with Gasteiger partial charge in [0.1, 0.15) is 0 Å². The maximum absolute atomic E-state index is 12.0. The molecule has 1 aliphatic heterocycles. The van der Waals surface area contributed by atoms with Gasteiger partial charge >= 0.3 is 0 Å². The van der Waals surface area contributed by atoms with Gasteiger partial charge in [-0.1, -0.05) is 13.0 Å². The van der Waals surface area contributed by atoms with Crippen molar-refractivity contribution < 1.29 is 9.49 Å². The summed E-state index contributed by atoms with van der Waals surface area (Å²) in [5.41, 5.74) is 2.76. The molecule has 3 heteroatoms. The summed E-state index contributed by atoms with van der Waals surface area (Å²) in [7, 11) is 0. The van der Waals surface area contributed by atoms with Crippen LogP contribution >= 0.6 is 0 Å². The topological polar surface area (TPSA) is 32.4 Å². The molecular formula is C13H15N2O+. The molecule has 0 saturated carbocycles. The Kier molecular flexibility index (Phi) is 2.95. The number of rotatable bonds is 4. The zero-order valence-electron chi connectivity index (χ0n) is 9.60. The number of hydrogen-bond donors (Lipinski definition) is 0. The number of azo groups is 2. The molecule has 0 spiro atoms. The van der Waals surface area contributed by atoms with Crippen LogP contribution in [0.3, 0.4) is 0 Å². The first-order valence-electron chi connectivity index (χ1n) is 5.53. The van der Waals surface area contributed by atoms with E-state index in [1.807, 2.05) is 38.2 Å². The standard InChI is InChI=1S/C13H15N2O/c1-3-4-13(16)11-9-10(2)5-6-12(11)15-8-7-14-15/h5-9H,3-4H2,1-2H3/q+1. The van der Waals surface area contributed by atoms with Crippen molar-refractivity contribution in [1.82, 2.24) is 0 Å². The fraction of sp³-hybridized carbons (Fsp3) is 0.308. The molecule has 1 heterocycles. The lowest BCUT2D eigenvalue weighted by molar-refractivity contribution is -0.456. The van der Waals surface area contributed by atoms with Crippen LogP contribution in [0.25, 0.3) is 0 Å². The number of benzene rings is 1. The minimum absolute atomic E-state index is 0.191. The summed E-state index contributed by atoms with van der Waals surface area (Å²) < 4.78 is 1.74. The first-order valence-corrected chi connectivity index (χ1v) is 5.53. The number of carbonyl (C=O) groups excluding carboxylic acids is 1. The van der Waals surface area contributed by atoms with Crippen LogP contribution in [0.2, 0.25) is 0 Å². The second kappa shape index (κ2) is 4.39. The lowest BCUT2D eigenvalue weighted by Gasteiger charge is -2.05. The maximum atomic E-state index is 12.0. The van der Waals surface area contributed by atoms with E-state index in [9.17, 15) is 4.79 Å². The molecule has 0 fully saturated rings. The van der Waals surface area contributed by atoms with Crippen LogP contribution < -0.4 is 0 Å². The minimum Gasteiger partial charge on any atom is -0.294 e.